The molecule has 6 nitrogen and oxygen atoms in total. The van der Waals surface area contributed by atoms with Crippen molar-refractivity contribution in [2.75, 3.05) is 13.2 Å². The minimum Gasteiger partial charge on any atom is -0.465 e. The molecule has 1 aliphatic heterocycles. The predicted molar refractivity (Wildman–Crippen MR) is 133 cm³/mol. The van der Waals surface area contributed by atoms with Gasteiger partial charge in [-0.15, -0.1) is 11.3 Å². The van der Waals surface area contributed by atoms with Crippen molar-refractivity contribution in [2.45, 2.75) is 51.9 Å². The quantitative estimate of drug-likeness (QED) is 0.392. The molecular weight excluding hydrogens is 470 g/mol. The highest BCUT2D eigenvalue weighted by Crippen LogP contribution is 2.49. The number of hydrogen-bond donors (Lipinski definition) is 1. The molecule has 3 heterocycles. The van der Waals surface area contributed by atoms with E-state index in [1.807, 2.05) is 34.3 Å². The van der Waals surface area contributed by atoms with Crippen LogP contribution in [0.4, 0.5) is 0 Å². The molecule has 180 valence electrons. The topological polar surface area (TPSA) is 81.7 Å². The van der Waals surface area contributed by atoms with Gasteiger partial charge in [0, 0.05) is 33.7 Å². The highest BCUT2D eigenvalue weighted by Gasteiger charge is 2.49. The van der Waals surface area contributed by atoms with E-state index in [9.17, 15) is 14.4 Å². The number of carbonyl (C=O) groups is 3. The lowest BCUT2D eigenvalue weighted by Crippen LogP contribution is -2.43. The second-order valence-corrected chi connectivity index (χ2v) is 10.0. The second kappa shape index (κ2) is 10.7. The van der Waals surface area contributed by atoms with E-state index in [2.05, 4.69) is 12.2 Å². The molecule has 1 aliphatic carbocycles. The molecule has 2 aromatic rings. The highest BCUT2D eigenvalue weighted by atomic mass is 32.1. The maximum Gasteiger partial charge on any atom is 0.336 e. The molecule has 8 heteroatoms. The summed E-state index contributed by atoms with van der Waals surface area (Å²) in [5, 5.41) is 9.29. The van der Waals surface area contributed by atoms with Gasteiger partial charge in [-0.3, -0.25) is 9.59 Å². The zero-order valence-corrected chi connectivity index (χ0v) is 21.2. The molecule has 0 bridgehead atoms. The van der Waals surface area contributed by atoms with Gasteiger partial charge in [0.1, 0.15) is 5.92 Å². The Labute approximate surface area is 207 Å². The summed E-state index contributed by atoms with van der Waals surface area (Å²) in [6, 6.07) is 5.83. The van der Waals surface area contributed by atoms with Crippen LogP contribution in [0, 0.1) is 5.92 Å². The number of allylic oxidation sites excluding steroid dienone is 3. The molecule has 0 saturated carbocycles. The van der Waals surface area contributed by atoms with Crippen LogP contribution in [-0.4, -0.2) is 30.9 Å². The molecule has 1 N–H and O–H groups in total. The molecule has 4 rings (SSSR count). The van der Waals surface area contributed by atoms with E-state index in [-0.39, 0.29) is 24.9 Å². The Morgan fingerprint density at radius 3 is 2.53 bits per heavy atom. The average molecular weight is 500 g/mol. The van der Waals surface area contributed by atoms with Crippen molar-refractivity contribution in [1.82, 2.24) is 5.32 Å². The molecule has 3 atom stereocenters. The minimum atomic E-state index is -0.948. The fourth-order valence-corrected chi connectivity index (χ4v) is 6.44. The molecule has 0 aromatic carbocycles. The number of rotatable bonds is 8. The highest BCUT2D eigenvalue weighted by molar-refractivity contribution is 7.10. The summed E-state index contributed by atoms with van der Waals surface area (Å²) in [6.45, 7) is 6.01. The molecule has 0 spiro atoms. The van der Waals surface area contributed by atoms with Gasteiger partial charge in [-0.05, 0) is 60.5 Å². The van der Waals surface area contributed by atoms with Crippen LogP contribution in [0.5, 0.6) is 0 Å². The fourth-order valence-electron chi connectivity index (χ4n) is 4.89. The Kier molecular flexibility index (Phi) is 7.68. The number of dihydropyridines is 1. The van der Waals surface area contributed by atoms with Crippen molar-refractivity contribution < 1.29 is 23.9 Å². The zero-order valence-electron chi connectivity index (χ0n) is 19.6. The first kappa shape index (κ1) is 24.4. The summed E-state index contributed by atoms with van der Waals surface area (Å²) in [5.74, 6) is -3.05. The predicted octanol–water partition coefficient (Wildman–Crippen LogP) is 5.30. The van der Waals surface area contributed by atoms with Crippen LogP contribution in [0.15, 0.2) is 56.9 Å². The number of Topliss-reactive ketones (excluding diaryl/α,β-unsaturated/α-hetero) is 1. The van der Waals surface area contributed by atoms with Gasteiger partial charge in [0.2, 0.25) is 0 Å². The summed E-state index contributed by atoms with van der Waals surface area (Å²) in [7, 11) is 0. The van der Waals surface area contributed by atoms with Crippen molar-refractivity contribution in [3.8, 4) is 0 Å². The summed E-state index contributed by atoms with van der Waals surface area (Å²) in [6.07, 6.45) is 1.98. The van der Waals surface area contributed by atoms with Gasteiger partial charge >= 0.3 is 11.9 Å². The Morgan fingerprint density at radius 2 is 1.91 bits per heavy atom. The van der Waals surface area contributed by atoms with E-state index >= 15 is 0 Å². The van der Waals surface area contributed by atoms with E-state index in [4.69, 9.17) is 9.47 Å². The third kappa shape index (κ3) is 4.49. The number of ketones is 1. The molecule has 0 unspecified atom stereocenters. The van der Waals surface area contributed by atoms with Gasteiger partial charge in [0.15, 0.2) is 5.78 Å². The lowest BCUT2D eigenvalue weighted by Gasteiger charge is -2.39. The molecule has 2 aromatic heterocycles. The maximum absolute atomic E-state index is 14.1. The zero-order chi connectivity index (χ0) is 24.2. The molecule has 0 radical (unpaired) electrons. The smallest absolute Gasteiger partial charge is 0.336 e. The minimum absolute atomic E-state index is 0.201. The molecular formula is C26H29NO5S2. The summed E-state index contributed by atoms with van der Waals surface area (Å²) in [4.78, 5) is 41.4. The van der Waals surface area contributed by atoms with E-state index in [1.54, 1.807) is 13.8 Å². The first-order chi connectivity index (χ1) is 16.5. The molecule has 34 heavy (non-hydrogen) atoms. The number of hydrogen-bond acceptors (Lipinski definition) is 8. The van der Waals surface area contributed by atoms with Gasteiger partial charge in [-0.1, -0.05) is 19.4 Å². The Morgan fingerprint density at radius 1 is 1.12 bits per heavy atom. The molecule has 0 saturated heterocycles. The van der Waals surface area contributed by atoms with Gasteiger partial charge in [-0.2, -0.15) is 11.3 Å². The standard InChI is InChI=1S/C26H29NO5S2/c1-4-8-17-23(26(30)32-6-3)20(15-10-12-33-14-15)22-18(27-17)13-16(19-9-7-11-34-19)21(24(22)28)25(29)31-5-2/h7,9-12,14,16,20-21,27H,4-6,8,13H2,1-3H3/t16-,20+,21-/m1/s1. The van der Waals surface area contributed by atoms with Crippen molar-refractivity contribution >= 4 is 40.4 Å². The second-order valence-electron chi connectivity index (χ2n) is 8.29. The maximum atomic E-state index is 14.1. The Bertz CT molecular complexity index is 1110. The number of nitrogens with one attached hydrogen (secondary N) is 1. The Hall–Kier alpha value is -2.71. The lowest BCUT2D eigenvalue weighted by molar-refractivity contribution is -0.152. The van der Waals surface area contributed by atoms with Gasteiger partial charge in [0.05, 0.1) is 18.8 Å². The van der Waals surface area contributed by atoms with Crippen LogP contribution in [0.3, 0.4) is 0 Å². The van der Waals surface area contributed by atoms with Gasteiger partial charge in [0.25, 0.3) is 0 Å². The normalized spacial score (nSPS) is 22.3. The van der Waals surface area contributed by atoms with Crippen LogP contribution in [0.2, 0.25) is 0 Å². The van der Waals surface area contributed by atoms with E-state index in [0.717, 1.165) is 28.3 Å². The SMILES string of the molecule is CCCC1=C(C(=O)OCC)[C@@H](c2ccsc2)C2=C(C[C@H](c3cccs3)[C@@H](C(=O)OCC)C2=O)N1. The number of carbonyl (C=O) groups excluding carboxylic acids is 3. The van der Waals surface area contributed by atoms with Gasteiger partial charge in [-0.25, -0.2) is 4.79 Å². The van der Waals surface area contributed by atoms with Crippen molar-refractivity contribution in [3.05, 3.63) is 67.3 Å². The Balaban J connectivity index is 1.88. The van der Waals surface area contributed by atoms with Crippen LogP contribution in [0.25, 0.3) is 0 Å². The first-order valence-corrected chi connectivity index (χ1v) is 13.5. The first-order valence-electron chi connectivity index (χ1n) is 11.7. The number of esters is 2. The fraction of sp³-hybridized carbons (Fsp3) is 0.423. The van der Waals surface area contributed by atoms with Crippen LogP contribution >= 0.6 is 22.7 Å². The summed E-state index contributed by atoms with van der Waals surface area (Å²) < 4.78 is 10.8. The van der Waals surface area contributed by atoms with Crippen molar-refractivity contribution in [1.29, 1.82) is 0 Å². The molecule has 0 amide bonds. The third-order valence-corrected chi connectivity index (χ3v) is 7.93. The summed E-state index contributed by atoms with van der Waals surface area (Å²) in [5.41, 5.74) is 3.39. The molecule has 2 aliphatic rings. The van der Waals surface area contributed by atoms with Crippen LogP contribution in [0.1, 0.15) is 62.3 Å². The van der Waals surface area contributed by atoms with E-state index in [1.165, 1.54) is 22.7 Å². The van der Waals surface area contributed by atoms with E-state index < -0.39 is 23.8 Å². The summed E-state index contributed by atoms with van der Waals surface area (Å²) >= 11 is 3.05. The lowest BCUT2D eigenvalue weighted by atomic mass is 9.68. The third-order valence-electron chi connectivity index (χ3n) is 6.22. The largest absolute Gasteiger partial charge is 0.465 e. The number of thiophene rings is 2. The van der Waals surface area contributed by atoms with E-state index in [0.29, 0.717) is 24.0 Å². The van der Waals surface area contributed by atoms with Crippen LogP contribution in [-0.2, 0) is 23.9 Å². The number of ether oxygens (including phenoxy) is 2. The monoisotopic (exact) mass is 499 g/mol. The van der Waals surface area contributed by atoms with Crippen molar-refractivity contribution in [2.24, 2.45) is 5.92 Å². The average Bonchev–Trinajstić information content (AvgIpc) is 3.53. The molecule has 0 fully saturated rings. The van der Waals surface area contributed by atoms with Crippen LogP contribution < -0.4 is 5.32 Å². The van der Waals surface area contributed by atoms with Crippen molar-refractivity contribution in [3.63, 3.8) is 0 Å². The van der Waals surface area contributed by atoms with Gasteiger partial charge < -0.3 is 14.8 Å².